The number of nitro groups is 1. The summed E-state index contributed by atoms with van der Waals surface area (Å²) in [4.78, 5) is 22.4. The quantitative estimate of drug-likeness (QED) is 0.619. The van der Waals surface area contributed by atoms with Crippen LogP contribution in [0.4, 0.5) is 5.69 Å². The molecule has 1 aliphatic rings. The van der Waals surface area contributed by atoms with Crippen molar-refractivity contribution in [3.63, 3.8) is 0 Å². The Labute approximate surface area is 104 Å². The van der Waals surface area contributed by atoms with Crippen LogP contribution in [0.5, 0.6) is 0 Å². The van der Waals surface area contributed by atoms with Crippen LogP contribution in [0.3, 0.4) is 0 Å². The number of hydrogen-bond acceptors (Lipinski definition) is 4. The van der Waals surface area contributed by atoms with Gasteiger partial charge in [-0.15, -0.1) is 0 Å². The number of hydrogen-bond donors (Lipinski definition) is 2. The Kier molecular flexibility index (Phi) is 3.04. The molecule has 0 bridgehead atoms. The summed E-state index contributed by atoms with van der Waals surface area (Å²) in [7, 11) is 0. The molecule has 0 radical (unpaired) electrons. The van der Waals surface area contributed by atoms with Crippen LogP contribution in [-0.4, -0.2) is 28.1 Å². The summed E-state index contributed by atoms with van der Waals surface area (Å²) in [6.07, 6.45) is 1.41. The molecule has 1 aliphatic carbocycles. The molecule has 1 amide bonds. The Morgan fingerprint density at radius 1 is 1.56 bits per heavy atom. The Hall–Kier alpha value is -1.95. The summed E-state index contributed by atoms with van der Waals surface area (Å²) in [6.45, 7) is 1.51. The van der Waals surface area contributed by atoms with Gasteiger partial charge in [0.2, 0.25) is 0 Å². The molecule has 6 heteroatoms. The molecule has 18 heavy (non-hydrogen) atoms. The Morgan fingerprint density at radius 3 is 2.72 bits per heavy atom. The predicted octanol–water partition coefficient (Wildman–Crippen LogP) is 1.16. The van der Waals surface area contributed by atoms with Gasteiger partial charge in [-0.25, -0.2) is 0 Å². The molecule has 96 valence electrons. The van der Waals surface area contributed by atoms with Gasteiger partial charge in [-0.3, -0.25) is 14.9 Å². The van der Waals surface area contributed by atoms with E-state index in [1.54, 1.807) is 19.1 Å². The summed E-state index contributed by atoms with van der Waals surface area (Å²) in [6, 6.07) is 4.50. The van der Waals surface area contributed by atoms with Gasteiger partial charge in [0.15, 0.2) is 0 Å². The van der Waals surface area contributed by atoms with Gasteiger partial charge in [0.1, 0.15) is 5.56 Å². The van der Waals surface area contributed by atoms with Crippen LogP contribution in [0.2, 0.25) is 0 Å². The zero-order valence-electron chi connectivity index (χ0n) is 9.97. The van der Waals surface area contributed by atoms with E-state index in [9.17, 15) is 14.9 Å². The molecule has 0 unspecified atom stereocenters. The van der Waals surface area contributed by atoms with Crippen LogP contribution in [0.1, 0.15) is 28.8 Å². The van der Waals surface area contributed by atoms with Crippen LogP contribution >= 0.6 is 0 Å². The monoisotopic (exact) mass is 250 g/mol. The summed E-state index contributed by atoms with van der Waals surface area (Å²) in [5.74, 6) is -0.494. The molecule has 0 saturated heterocycles. The zero-order chi connectivity index (χ0) is 13.3. The predicted molar refractivity (Wildman–Crippen MR) is 64.4 cm³/mol. The van der Waals surface area contributed by atoms with Gasteiger partial charge in [0.05, 0.1) is 17.1 Å². The summed E-state index contributed by atoms with van der Waals surface area (Å²) < 4.78 is 0. The molecule has 1 aromatic rings. The molecule has 1 aromatic carbocycles. The largest absolute Gasteiger partial charge is 0.394 e. The molecule has 1 fully saturated rings. The van der Waals surface area contributed by atoms with E-state index < -0.39 is 16.4 Å². The molecule has 1 saturated carbocycles. The first kappa shape index (κ1) is 12.5. The highest BCUT2D eigenvalue weighted by Crippen LogP contribution is 2.35. The van der Waals surface area contributed by atoms with Gasteiger partial charge in [-0.2, -0.15) is 0 Å². The summed E-state index contributed by atoms with van der Waals surface area (Å²) in [5, 5.41) is 22.7. The third-order valence-electron chi connectivity index (χ3n) is 3.21. The smallest absolute Gasteiger partial charge is 0.282 e. The topological polar surface area (TPSA) is 92.5 Å². The number of nitrogens with one attached hydrogen (secondary N) is 1. The van der Waals surface area contributed by atoms with Crippen LogP contribution < -0.4 is 5.32 Å². The van der Waals surface area contributed by atoms with Crippen molar-refractivity contribution in [2.24, 2.45) is 0 Å². The third-order valence-corrected chi connectivity index (χ3v) is 3.21. The highest BCUT2D eigenvalue weighted by atomic mass is 16.6. The van der Waals surface area contributed by atoms with E-state index in [2.05, 4.69) is 5.32 Å². The average molecular weight is 250 g/mol. The van der Waals surface area contributed by atoms with Crippen molar-refractivity contribution in [2.75, 3.05) is 6.61 Å². The number of aryl methyl sites for hydroxylation is 1. The van der Waals surface area contributed by atoms with Gasteiger partial charge in [-0.05, 0) is 25.3 Å². The SMILES string of the molecule is Cc1cccc([N+](=O)[O-])c1C(=O)NC1(CO)CC1. The fourth-order valence-electron chi connectivity index (χ4n) is 1.88. The summed E-state index contributed by atoms with van der Waals surface area (Å²) in [5.41, 5.74) is -0.161. The number of carbonyl (C=O) groups excluding carboxylic acids is 1. The van der Waals surface area contributed by atoms with Crippen LogP contribution in [0.15, 0.2) is 18.2 Å². The lowest BCUT2D eigenvalue weighted by atomic mass is 10.1. The minimum atomic E-state index is -0.576. The van der Waals surface area contributed by atoms with Crippen molar-refractivity contribution in [3.8, 4) is 0 Å². The second kappa shape index (κ2) is 4.38. The summed E-state index contributed by atoms with van der Waals surface area (Å²) >= 11 is 0. The number of benzene rings is 1. The first-order valence-electron chi connectivity index (χ1n) is 5.66. The Bertz CT molecular complexity index is 509. The first-order chi connectivity index (χ1) is 8.49. The lowest BCUT2D eigenvalue weighted by Crippen LogP contribution is -2.40. The highest BCUT2D eigenvalue weighted by Gasteiger charge is 2.44. The van der Waals surface area contributed by atoms with Crippen molar-refractivity contribution >= 4 is 11.6 Å². The minimum Gasteiger partial charge on any atom is -0.394 e. The maximum absolute atomic E-state index is 12.1. The molecule has 0 spiro atoms. The van der Waals surface area contributed by atoms with Crippen LogP contribution in [0.25, 0.3) is 0 Å². The number of carbonyl (C=O) groups is 1. The zero-order valence-corrected chi connectivity index (χ0v) is 9.97. The van der Waals surface area contributed by atoms with E-state index in [0.717, 1.165) is 0 Å². The molecular formula is C12H14N2O4. The third kappa shape index (κ3) is 2.19. The Balaban J connectivity index is 2.32. The highest BCUT2D eigenvalue weighted by molar-refractivity contribution is 6.00. The standard InChI is InChI=1S/C12H14N2O4/c1-8-3-2-4-9(14(17)18)10(8)11(16)13-12(7-15)5-6-12/h2-4,15H,5-7H2,1H3,(H,13,16). The van der Waals surface area contributed by atoms with Crippen molar-refractivity contribution < 1.29 is 14.8 Å². The van der Waals surface area contributed by atoms with Crippen LogP contribution in [0, 0.1) is 17.0 Å². The molecule has 2 rings (SSSR count). The van der Waals surface area contributed by atoms with E-state index in [1.165, 1.54) is 6.07 Å². The second-order valence-corrected chi connectivity index (χ2v) is 4.62. The maximum atomic E-state index is 12.1. The number of nitro benzene ring substituents is 1. The fourth-order valence-corrected chi connectivity index (χ4v) is 1.88. The fraction of sp³-hybridized carbons (Fsp3) is 0.417. The lowest BCUT2D eigenvalue weighted by molar-refractivity contribution is -0.385. The molecule has 0 heterocycles. The Morgan fingerprint density at radius 2 is 2.22 bits per heavy atom. The van der Waals surface area contributed by atoms with Crippen molar-refractivity contribution in [1.29, 1.82) is 0 Å². The van der Waals surface area contributed by atoms with E-state index in [0.29, 0.717) is 18.4 Å². The van der Waals surface area contributed by atoms with E-state index in [-0.39, 0.29) is 17.9 Å². The van der Waals surface area contributed by atoms with Crippen molar-refractivity contribution in [1.82, 2.24) is 5.32 Å². The molecular weight excluding hydrogens is 236 g/mol. The number of rotatable bonds is 4. The molecule has 6 nitrogen and oxygen atoms in total. The maximum Gasteiger partial charge on any atom is 0.282 e. The average Bonchev–Trinajstić information content (AvgIpc) is 3.08. The van der Waals surface area contributed by atoms with Crippen LogP contribution in [-0.2, 0) is 0 Å². The number of nitrogens with zero attached hydrogens (tertiary/aromatic N) is 1. The minimum absolute atomic E-state index is 0.0715. The molecule has 0 aliphatic heterocycles. The van der Waals surface area contributed by atoms with Gasteiger partial charge < -0.3 is 10.4 Å². The normalized spacial score (nSPS) is 16.1. The van der Waals surface area contributed by atoms with Gasteiger partial charge in [0, 0.05) is 6.07 Å². The van der Waals surface area contributed by atoms with Crippen molar-refractivity contribution in [2.45, 2.75) is 25.3 Å². The molecule has 0 aromatic heterocycles. The van der Waals surface area contributed by atoms with E-state index >= 15 is 0 Å². The number of amides is 1. The number of aliphatic hydroxyl groups excluding tert-OH is 1. The lowest BCUT2D eigenvalue weighted by Gasteiger charge is -2.15. The molecule has 0 atom stereocenters. The van der Waals surface area contributed by atoms with Crippen molar-refractivity contribution in [3.05, 3.63) is 39.4 Å². The van der Waals surface area contributed by atoms with E-state index in [4.69, 9.17) is 5.11 Å². The second-order valence-electron chi connectivity index (χ2n) is 4.62. The van der Waals surface area contributed by atoms with Gasteiger partial charge in [0.25, 0.3) is 11.6 Å². The van der Waals surface area contributed by atoms with E-state index in [1.807, 2.05) is 0 Å². The number of aliphatic hydroxyl groups is 1. The molecule has 2 N–H and O–H groups in total. The van der Waals surface area contributed by atoms with Gasteiger partial charge >= 0.3 is 0 Å². The first-order valence-corrected chi connectivity index (χ1v) is 5.66. The van der Waals surface area contributed by atoms with Gasteiger partial charge in [-0.1, -0.05) is 12.1 Å².